The van der Waals surface area contributed by atoms with Crippen LogP contribution in [0.3, 0.4) is 0 Å². The number of hydrogen-bond acceptors (Lipinski definition) is 3. The van der Waals surface area contributed by atoms with Gasteiger partial charge < -0.3 is 4.74 Å². The second-order valence-corrected chi connectivity index (χ2v) is 6.91. The molecule has 0 aromatic heterocycles. The molecule has 1 aromatic rings. The molecule has 1 atom stereocenters. The summed E-state index contributed by atoms with van der Waals surface area (Å²) < 4.78 is 31.6. The number of rotatable bonds is 7. The van der Waals surface area contributed by atoms with Crippen LogP contribution in [0.1, 0.15) is 26.3 Å². The van der Waals surface area contributed by atoms with Gasteiger partial charge in [0.25, 0.3) is 0 Å². The molecule has 1 N–H and O–H groups in total. The van der Waals surface area contributed by atoms with Crippen molar-refractivity contribution in [2.24, 2.45) is 5.92 Å². The van der Waals surface area contributed by atoms with E-state index in [-0.39, 0.29) is 12.6 Å². The molecular weight excluding hydrogens is 262 g/mol. The molecule has 0 amide bonds. The fourth-order valence-corrected chi connectivity index (χ4v) is 2.79. The van der Waals surface area contributed by atoms with E-state index in [0.717, 1.165) is 12.0 Å². The summed E-state index contributed by atoms with van der Waals surface area (Å²) in [5, 5.41) is 0. The predicted molar refractivity (Wildman–Crippen MR) is 76.6 cm³/mol. The van der Waals surface area contributed by atoms with Gasteiger partial charge in [0.2, 0.25) is 10.0 Å². The van der Waals surface area contributed by atoms with E-state index >= 15 is 0 Å². The van der Waals surface area contributed by atoms with Gasteiger partial charge in [-0.15, -0.1) is 0 Å². The SMILES string of the molecule is COC(C)CNS(=O)(=O)c1ccc(CC(C)C)cc1. The van der Waals surface area contributed by atoms with Crippen molar-refractivity contribution in [2.75, 3.05) is 13.7 Å². The monoisotopic (exact) mass is 285 g/mol. The van der Waals surface area contributed by atoms with E-state index in [1.54, 1.807) is 19.2 Å². The number of nitrogens with one attached hydrogen (secondary N) is 1. The lowest BCUT2D eigenvalue weighted by atomic mass is 10.0. The van der Waals surface area contributed by atoms with Crippen molar-refractivity contribution in [2.45, 2.75) is 38.2 Å². The second-order valence-electron chi connectivity index (χ2n) is 5.14. The van der Waals surface area contributed by atoms with Crippen LogP contribution in [0.5, 0.6) is 0 Å². The smallest absolute Gasteiger partial charge is 0.240 e. The summed E-state index contributed by atoms with van der Waals surface area (Å²) in [4.78, 5) is 0.295. The van der Waals surface area contributed by atoms with Gasteiger partial charge in [-0.1, -0.05) is 26.0 Å². The number of hydrogen-bond donors (Lipinski definition) is 1. The number of benzene rings is 1. The Kier molecular flexibility index (Phi) is 5.97. The molecular formula is C14H23NO3S. The Labute approximate surface area is 116 Å². The summed E-state index contributed by atoms with van der Waals surface area (Å²) in [6.07, 6.45) is 0.809. The summed E-state index contributed by atoms with van der Waals surface area (Å²) in [6.45, 7) is 6.36. The molecule has 0 saturated carbocycles. The van der Waals surface area contributed by atoms with E-state index in [0.29, 0.717) is 10.8 Å². The minimum Gasteiger partial charge on any atom is -0.380 e. The molecule has 5 heteroatoms. The van der Waals surface area contributed by atoms with E-state index in [9.17, 15) is 8.42 Å². The molecule has 0 saturated heterocycles. The summed E-state index contributed by atoms with van der Waals surface area (Å²) in [6, 6.07) is 7.04. The maximum atomic E-state index is 12.0. The standard InChI is InChI=1S/C14H23NO3S/c1-11(2)9-13-5-7-14(8-6-13)19(16,17)15-10-12(3)18-4/h5-8,11-12,15H,9-10H2,1-4H3. The highest BCUT2D eigenvalue weighted by Gasteiger charge is 2.14. The zero-order valence-corrected chi connectivity index (χ0v) is 12.8. The van der Waals surface area contributed by atoms with Crippen molar-refractivity contribution in [1.82, 2.24) is 4.72 Å². The van der Waals surface area contributed by atoms with Gasteiger partial charge in [0, 0.05) is 13.7 Å². The van der Waals surface area contributed by atoms with Crippen LogP contribution in [0.25, 0.3) is 0 Å². The molecule has 108 valence electrons. The third-order valence-electron chi connectivity index (χ3n) is 2.84. The molecule has 1 aromatic carbocycles. The van der Waals surface area contributed by atoms with Crippen LogP contribution >= 0.6 is 0 Å². The number of sulfonamides is 1. The zero-order valence-electron chi connectivity index (χ0n) is 12.0. The number of methoxy groups -OCH3 is 1. The topological polar surface area (TPSA) is 55.4 Å². The fraction of sp³-hybridized carbons (Fsp3) is 0.571. The van der Waals surface area contributed by atoms with Crippen molar-refractivity contribution in [3.8, 4) is 0 Å². The summed E-state index contributed by atoms with van der Waals surface area (Å²) in [5.74, 6) is 0.558. The fourth-order valence-electron chi connectivity index (χ4n) is 1.67. The molecule has 0 aliphatic heterocycles. The molecule has 0 aliphatic carbocycles. The highest BCUT2D eigenvalue weighted by Crippen LogP contribution is 2.13. The number of ether oxygens (including phenoxy) is 1. The minimum absolute atomic E-state index is 0.144. The molecule has 1 rings (SSSR count). The Morgan fingerprint density at radius 3 is 2.21 bits per heavy atom. The Hall–Kier alpha value is -0.910. The third kappa shape index (κ3) is 5.30. The van der Waals surface area contributed by atoms with Crippen molar-refractivity contribution in [3.05, 3.63) is 29.8 Å². The predicted octanol–water partition coefficient (Wildman–Crippen LogP) is 2.20. The Bertz CT molecular complexity index is 480. The average molecular weight is 285 g/mol. The normalized spacial score (nSPS) is 13.7. The molecule has 4 nitrogen and oxygen atoms in total. The second kappa shape index (κ2) is 7.03. The first-order chi connectivity index (χ1) is 8.85. The van der Waals surface area contributed by atoms with Gasteiger partial charge in [-0.3, -0.25) is 0 Å². The van der Waals surface area contributed by atoms with E-state index in [1.165, 1.54) is 0 Å². The first-order valence-corrected chi connectivity index (χ1v) is 7.95. The van der Waals surface area contributed by atoms with Crippen LogP contribution in [0, 0.1) is 5.92 Å². The van der Waals surface area contributed by atoms with Crippen molar-refractivity contribution in [1.29, 1.82) is 0 Å². The van der Waals surface area contributed by atoms with Crippen molar-refractivity contribution in [3.63, 3.8) is 0 Å². The molecule has 0 spiro atoms. The summed E-state index contributed by atoms with van der Waals surface area (Å²) >= 11 is 0. The molecule has 0 bridgehead atoms. The largest absolute Gasteiger partial charge is 0.380 e. The van der Waals surface area contributed by atoms with Crippen LogP contribution in [0.4, 0.5) is 0 Å². The Morgan fingerprint density at radius 2 is 1.74 bits per heavy atom. The lowest BCUT2D eigenvalue weighted by molar-refractivity contribution is 0.122. The van der Waals surface area contributed by atoms with E-state index in [4.69, 9.17) is 4.74 Å². The molecule has 19 heavy (non-hydrogen) atoms. The van der Waals surface area contributed by atoms with Crippen LogP contribution in [-0.4, -0.2) is 28.2 Å². The van der Waals surface area contributed by atoms with Crippen LogP contribution in [0.2, 0.25) is 0 Å². The highest BCUT2D eigenvalue weighted by molar-refractivity contribution is 7.89. The van der Waals surface area contributed by atoms with Gasteiger partial charge in [-0.05, 0) is 37.0 Å². The molecule has 0 radical (unpaired) electrons. The van der Waals surface area contributed by atoms with Gasteiger partial charge >= 0.3 is 0 Å². The average Bonchev–Trinajstić information content (AvgIpc) is 2.36. The molecule has 0 fully saturated rings. The summed E-state index contributed by atoms with van der Waals surface area (Å²) in [5.41, 5.74) is 1.15. The van der Waals surface area contributed by atoms with Crippen LogP contribution < -0.4 is 4.72 Å². The van der Waals surface area contributed by atoms with Gasteiger partial charge in [0.05, 0.1) is 11.0 Å². The molecule has 1 unspecified atom stereocenters. The lowest BCUT2D eigenvalue weighted by Crippen LogP contribution is -2.31. The van der Waals surface area contributed by atoms with Crippen LogP contribution in [0.15, 0.2) is 29.2 Å². The van der Waals surface area contributed by atoms with Crippen molar-refractivity contribution < 1.29 is 13.2 Å². The highest BCUT2D eigenvalue weighted by atomic mass is 32.2. The third-order valence-corrected chi connectivity index (χ3v) is 4.28. The summed E-state index contributed by atoms with van der Waals surface area (Å²) in [7, 11) is -1.89. The molecule has 0 aliphatic rings. The molecule has 0 heterocycles. The van der Waals surface area contributed by atoms with Gasteiger partial charge in [0.1, 0.15) is 0 Å². The zero-order chi connectivity index (χ0) is 14.5. The lowest BCUT2D eigenvalue weighted by Gasteiger charge is -2.12. The van der Waals surface area contributed by atoms with Gasteiger partial charge in [-0.2, -0.15) is 0 Å². The first-order valence-electron chi connectivity index (χ1n) is 6.46. The maximum Gasteiger partial charge on any atom is 0.240 e. The Balaban J connectivity index is 2.73. The maximum absolute atomic E-state index is 12.0. The van der Waals surface area contributed by atoms with Crippen LogP contribution in [-0.2, 0) is 21.2 Å². The van der Waals surface area contributed by atoms with E-state index in [1.807, 2.05) is 19.1 Å². The van der Waals surface area contributed by atoms with E-state index < -0.39 is 10.0 Å². The minimum atomic E-state index is -3.44. The first kappa shape index (κ1) is 16.1. The van der Waals surface area contributed by atoms with E-state index in [2.05, 4.69) is 18.6 Å². The van der Waals surface area contributed by atoms with Gasteiger partial charge in [-0.25, -0.2) is 13.1 Å². The Morgan fingerprint density at radius 1 is 1.16 bits per heavy atom. The quantitative estimate of drug-likeness (QED) is 0.835. The van der Waals surface area contributed by atoms with Crippen molar-refractivity contribution >= 4 is 10.0 Å². The van der Waals surface area contributed by atoms with Gasteiger partial charge in [0.15, 0.2) is 0 Å².